The van der Waals surface area contributed by atoms with E-state index in [1.807, 2.05) is 49.4 Å². The number of nitrogens with one attached hydrogen (secondary N) is 1. The summed E-state index contributed by atoms with van der Waals surface area (Å²) < 4.78 is 0. The third-order valence-corrected chi connectivity index (χ3v) is 4.09. The number of carbonyl (C=O) groups is 1. The fourth-order valence-corrected chi connectivity index (χ4v) is 2.57. The van der Waals surface area contributed by atoms with E-state index in [1.165, 1.54) is 12.8 Å². The van der Waals surface area contributed by atoms with Crippen LogP contribution in [0, 0.1) is 12.8 Å². The van der Waals surface area contributed by atoms with E-state index in [4.69, 9.17) is 0 Å². The van der Waals surface area contributed by atoms with Crippen LogP contribution < -0.4 is 5.32 Å². The number of aryl methyl sites for hydroxylation is 1. The Morgan fingerprint density at radius 3 is 2.52 bits per heavy atom. The first-order chi connectivity index (χ1) is 10.1. The lowest BCUT2D eigenvalue weighted by Gasteiger charge is -2.14. The summed E-state index contributed by atoms with van der Waals surface area (Å²) in [6.07, 6.45) is 2.46. The van der Waals surface area contributed by atoms with E-state index in [1.54, 1.807) is 0 Å². The van der Waals surface area contributed by atoms with Crippen molar-refractivity contribution in [2.45, 2.75) is 32.7 Å². The molecule has 3 heteroatoms. The summed E-state index contributed by atoms with van der Waals surface area (Å²) in [5.74, 6) is 0.643. The zero-order chi connectivity index (χ0) is 14.8. The Morgan fingerprint density at radius 1 is 1.19 bits per heavy atom. The first-order valence-corrected chi connectivity index (χ1v) is 7.49. The van der Waals surface area contributed by atoms with Gasteiger partial charge < -0.3 is 5.32 Å². The molecule has 1 aromatic carbocycles. The van der Waals surface area contributed by atoms with Crippen LogP contribution in [0.25, 0.3) is 11.3 Å². The highest BCUT2D eigenvalue weighted by Crippen LogP contribution is 2.32. The van der Waals surface area contributed by atoms with Gasteiger partial charge in [0.2, 0.25) is 0 Å². The molecule has 2 aromatic rings. The number of hydrogen-bond donors (Lipinski definition) is 1. The van der Waals surface area contributed by atoms with Gasteiger partial charge in [-0.15, -0.1) is 0 Å². The first kappa shape index (κ1) is 13.8. The summed E-state index contributed by atoms with van der Waals surface area (Å²) in [6, 6.07) is 14.1. The molecule has 0 saturated heterocycles. The highest BCUT2D eigenvalue weighted by atomic mass is 16.1. The zero-order valence-electron chi connectivity index (χ0n) is 12.5. The average molecular weight is 280 g/mol. The van der Waals surface area contributed by atoms with Crippen LogP contribution in [0.4, 0.5) is 0 Å². The molecule has 1 heterocycles. The van der Waals surface area contributed by atoms with Gasteiger partial charge in [-0.1, -0.05) is 30.3 Å². The van der Waals surface area contributed by atoms with Crippen molar-refractivity contribution in [2.75, 3.05) is 0 Å². The minimum absolute atomic E-state index is 0.0148. The molecule has 1 aliphatic rings. The van der Waals surface area contributed by atoms with Crippen molar-refractivity contribution in [3.05, 3.63) is 53.7 Å². The molecule has 0 bridgehead atoms. The molecular weight excluding hydrogens is 260 g/mol. The molecular formula is C18H20N2O. The topological polar surface area (TPSA) is 42.0 Å². The molecule has 1 N–H and O–H groups in total. The van der Waals surface area contributed by atoms with E-state index in [2.05, 4.69) is 17.2 Å². The van der Waals surface area contributed by atoms with Crippen LogP contribution in [0.15, 0.2) is 42.5 Å². The second-order valence-electron chi connectivity index (χ2n) is 5.80. The number of hydrogen-bond acceptors (Lipinski definition) is 2. The van der Waals surface area contributed by atoms with Crippen molar-refractivity contribution in [3.63, 3.8) is 0 Å². The van der Waals surface area contributed by atoms with Gasteiger partial charge in [0.05, 0.1) is 17.0 Å². The summed E-state index contributed by atoms with van der Waals surface area (Å²) in [7, 11) is 0. The highest BCUT2D eigenvalue weighted by molar-refractivity contribution is 5.95. The van der Waals surface area contributed by atoms with Gasteiger partial charge in [-0.05, 0) is 44.7 Å². The number of pyridine rings is 1. The summed E-state index contributed by atoms with van der Waals surface area (Å²) in [4.78, 5) is 16.9. The molecule has 1 saturated carbocycles. The maximum Gasteiger partial charge on any atom is 0.253 e. The molecule has 1 amide bonds. The predicted molar refractivity (Wildman–Crippen MR) is 84.1 cm³/mol. The molecule has 1 fully saturated rings. The smallest absolute Gasteiger partial charge is 0.253 e. The Morgan fingerprint density at radius 2 is 1.90 bits per heavy atom. The minimum atomic E-state index is -0.0148. The lowest BCUT2D eigenvalue weighted by Crippen LogP contribution is -2.34. The van der Waals surface area contributed by atoms with Crippen LogP contribution in [-0.4, -0.2) is 16.9 Å². The summed E-state index contributed by atoms with van der Waals surface area (Å²) >= 11 is 0. The first-order valence-electron chi connectivity index (χ1n) is 7.49. The SMILES string of the molecule is Cc1nc(-c2ccccc2)ccc1C(=O)N[C@@H](C)C1CC1. The third-order valence-electron chi connectivity index (χ3n) is 4.09. The van der Waals surface area contributed by atoms with E-state index in [9.17, 15) is 4.79 Å². The quantitative estimate of drug-likeness (QED) is 0.930. The van der Waals surface area contributed by atoms with Gasteiger partial charge in [0, 0.05) is 11.6 Å². The Kier molecular flexibility index (Phi) is 3.74. The molecule has 3 nitrogen and oxygen atoms in total. The van der Waals surface area contributed by atoms with Gasteiger partial charge in [-0.25, -0.2) is 0 Å². The molecule has 1 aliphatic carbocycles. The largest absolute Gasteiger partial charge is 0.349 e. The summed E-state index contributed by atoms with van der Waals surface area (Å²) in [5, 5.41) is 3.08. The Labute approximate surface area is 125 Å². The molecule has 1 aromatic heterocycles. The van der Waals surface area contributed by atoms with Gasteiger partial charge in [0.1, 0.15) is 0 Å². The molecule has 108 valence electrons. The molecule has 0 radical (unpaired) electrons. The van der Waals surface area contributed by atoms with E-state index < -0.39 is 0 Å². The van der Waals surface area contributed by atoms with Crippen molar-refractivity contribution < 1.29 is 4.79 Å². The van der Waals surface area contributed by atoms with Gasteiger partial charge in [0.25, 0.3) is 5.91 Å². The predicted octanol–water partition coefficient (Wildman–Crippen LogP) is 3.59. The summed E-state index contributed by atoms with van der Waals surface area (Å²) in [6.45, 7) is 3.97. The second kappa shape index (κ2) is 5.68. The van der Waals surface area contributed by atoms with Crippen LogP contribution in [0.3, 0.4) is 0 Å². The van der Waals surface area contributed by atoms with E-state index in [0.29, 0.717) is 11.5 Å². The third kappa shape index (κ3) is 3.13. The standard InChI is InChI=1S/C18H20N2O/c1-12(14-8-9-14)20-18(21)16-10-11-17(19-13(16)2)15-6-4-3-5-7-15/h3-7,10-12,14H,8-9H2,1-2H3,(H,20,21)/t12-/m0/s1. The number of carbonyl (C=O) groups excluding carboxylic acids is 1. The van der Waals surface area contributed by atoms with Crippen LogP contribution in [-0.2, 0) is 0 Å². The number of aromatic nitrogens is 1. The Hall–Kier alpha value is -2.16. The minimum Gasteiger partial charge on any atom is -0.349 e. The van der Waals surface area contributed by atoms with E-state index >= 15 is 0 Å². The number of amides is 1. The second-order valence-corrected chi connectivity index (χ2v) is 5.80. The lowest BCUT2D eigenvalue weighted by molar-refractivity contribution is 0.0935. The van der Waals surface area contributed by atoms with Gasteiger partial charge in [-0.2, -0.15) is 0 Å². The number of benzene rings is 1. The van der Waals surface area contributed by atoms with Crippen molar-refractivity contribution in [2.24, 2.45) is 5.92 Å². The fraction of sp³-hybridized carbons (Fsp3) is 0.333. The highest BCUT2D eigenvalue weighted by Gasteiger charge is 2.29. The van der Waals surface area contributed by atoms with Crippen LogP contribution in [0.1, 0.15) is 35.8 Å². The molecule has 3 rings (SSSR count). The maximum absolute atomic E-state index is 12.3. The molecule has 0 aliphatic heterocycles. The maximum atomic E-state index is 12.3. The zero-order valence-corrected chi connectivity index (χ0v) is 12.5. The van der Waals surface area contributed by atoms with Gasteiger partial charge >= 0.3 is 0 Å². The Bertz CT molecular complexity index is 648. The normalized spacial score (nSPS) is 15.5. The van der Waals surface area contributed by atoms with Crippen LogP contribution in [0.2, 0.25) is 0 Å². The van der Waals surface area contributed by atoms with E-state index in [-0.39, 0.29) is 11.9 Å². The average Bonchev–Trinajstić information content (AvgIpc) is 3.32. The van der Waals surface area contributed by atoms with Crippen molar-refractivity contribution in [3.8, 4) is 11.3 Å². The van der Waals surface area contributed by atoms with Crippen molar-refractivity contribution in [1.82, 2.24) is 10.3 Å². The molecule has 0 unspecified atom stereocenters. The van der Waals surface area contributed by atoms with Gasteiger partial charge in [-0.3, -0.25) is 9.78 Å². The Balaban J connectivity index is 1.79. The van der Waals surface area contributed by atoms with Crippen molar-refractivity contribution in [1.29, 1.82) is 0 Å². The lowest BCUT2D eigenvalue weighted by atomic mass is 10.1. The molecule has 21 heavy (non-hydrogen) atoms. The summed E-state index contributed by atoms with van der Waals surface area (Å²) in [5.41, 5.74) is 3.41. The van der Waals surface area contributed by atoms with Crippen molar-refractivity contribution >= 4 is 5.91 Å². The molecule has 1 atom stereocenters. The van der Waals surface area contributed by atoms with Crippen LogP contribution >= 0.6 is 0 Å². The molecule has 0 spiro atoms. The number of nitrogens with zero attached hydrogens (tertiary/aromatic N) is 1. The fourth-order valence-electron chi connectivity index (χ4n) is 2.57. The monoisotopic (exact) mass is 280 g/mol. The van der Waals surface area contributed by atoms with E-state index in [0.717, 1.165) is 17.0 Å². The van der Waals surface area contributed by atoms with Crippen LogP contribution in [0.5, 0.6) is 0 Å². The van der Waals surface area contributed by atoms with Gasteiger partial charge in [0.15, 0.2) is 0 Å². The number of rotatable bonds is 4.